The number of nitrogens with one attached hydrogen (secondary N) is 1. The molecule has 1 unspecified atom stereocenters. The minimum absolute atomic E-state index is 0.00167. The second-order valence-corrected chi connectivity index (χ2v) is 6.17. The summed E-state index contributed by atoms with van der Waals surface area (Å²) >= 11 is 0. The van der Waals surface area contributed by atoms with E-state index in [1.807, 2.05) is 36.4 Å². The predicted octanol–water partition coefficient (Wildman–Crippen LogP) is 5.34. The van der Waals surface area contributed by atoms with E-state index in [1.54, 1.807) is 0 Å². The molecule has 2 aromatic carbocycles. The van der Waals surface area contributed by atoms with Crippen molar-refractivity contribution in [1.82, 2.24) is 0 Å². The number of fused-ring (bicyclic) bond motifs is 1. The molecule has 3 heteroatoms. The molecule has 2 aromatic rings. The topological polar surface area (TPSA) is 30.5 Å². The van der Waals surface area contributed by atoms with Crippen LogP contribution in [0.1, 0.15) is 25.5 Å². The first-order valence-corrected chi connectivity index (χ1v) is 8.22. The van der Waals surface area contributed by atoms with E-state index in [1.165, 1.54) is 0 Å². The number of anilines is 1. The van der Waals surface area contributed by atoms with Gasteiger partial charge in [-0.05, 0) is 41.3 Å². The van der Waals surface area contributed by atoms with Gasteiger partial charge in [-0.3, -0.25) is 0 Å². The second kappa shape index (κ2) is 7.26. The summed E-state index contributed by atoms with van der Waals surface area (Å²) in [5.41, 5.74) is 3.33. The Balaban J connectivity index is 1.99. The SMILES string of the molecule is C=C/C(=C\C(C)C)C(Nc1ccccc1)c1ccc2c(c1)OCO2. The molecule has 1 N–H and O–H groups in total. The first-order valence-electron chi connectivity index (χ1n) is 8.22. The van der Waals surface area contributed by atoms with Crippen LogP contribution in [-0.2, 0) is 0 Å². The standard InChI is InChI=1S/C21H23NO2/c1-4-16(12-15(2)3)21(22-18-8-6-5-7-9-18)17-10-11-19-20(13-17)24-14-23-19/h4-13,15,21-22H,1,14H2,2-3H3/b16-12+. The molecule has 0 fully saturated rings. The maximum Gasteiger partial charge on any atom is 0.231 e. The molecule has 24 heavy (non-hydrogen) atoms. The van der Waals surface area contributed by atoms with E-state index in [9.17, 15) is 0 Å². The highest BCUT2D eigenvalue weighted by molar-refractivity contribution is 5.53. The third-order valence-corrected chi connectivity index (χ3v) is 3.91. The van der Waals surface area contributed by atoms with Crippen LogP contribution in [0.5, 0.6) is 11.5 Å². The maximum absolute atomic E-state index is 5.54. The Morgan fingerprint density at radius 1 is 1.08 bits per heavy atom. The van der Waals surface area contributed by atoms with E-state index >= 15 is 0 Å². The Hall–Kier alpha value is -2.68. The van der Waals surface area contributed by atoms with Crippen LogP contribution in [0.25, 0.3) is 0 Å². The number of benzene rings is 2. The van der Waals surface area contributed by atoms with Gasteiger partial charge in [0.25, 0.3) is 0 Å². The van der Waals surface area contributed by atoms with Crippen molar-refractivity contribution in [1.29, 1.82) is 0 Å². The largest absolute Gasteiger partial charge is 0.454 e. The van der Waals surface area contributed by atoms with Crippen molar-refractivity contribution in [2.24, 2.45) is 5.92 Å². The highest BCUT2D eigenvalue weighted by atomic mass is 16.7. The number of allylic oxidation sites excluding steroid dienone is 1. The number of rotatable bonds is 6. The van der Waals surface area contributed by atoms with Crippen LogP contribution in [0.2, 0.25) is 0 Å². The fraction of sp³-hybridized carbons (Fsp3) is 0.238. The molecule has 0 bridgehead atoms. The Labute approximate surface area is 143 Å². The van der Waals surface area contributed by atoms with Crippen molar-refractivity contribution in [3.8, 4) is 11.5 Å². The van der Waals surface area contributed by atoms with Gasteiger partial charge in [0.1, 0.15) is 0 Å². The molecule has 0 spiro atoms. The third-order valence-electron chi connectivity index (χ3n) is 3.91. The predicted molar refractivity (Wildman–Crippen MR) is 98.5 cm³/mol. The number of hydrogen-bond acceptors (Lipinski definition) is 3. The molecule has 3 nitrogen and oxygen atoms in total. The summed E-state index contributed by atoms with van der Waals surface area (Å²) < 4.78 is 11.0. The summed E-state index contributed by atoms with van der Waals surface area (Å²) in [5, 5.41) is 3.61. The van der Waals surface area contributed by atoms with Crippen molar-refractivity contribution >= 4 is 5.69 Å². The fourth-order valence-corrected chi connectivity index (χ4v) is 2.82. The van der Waals surface area contributed by atoms with Crippen LogP contribution in [0.3, 0.4) is 0 Å². The van der Waals surface area contributed by atoms with E-state index in [-0.39, 0.29) is 12.8 Å². The molecule has 0 aromatic heterocycles. The van der Waals surface area contributed by atoms with Gasteiger partial charge in [0.15, 0.2) is 11.5 Å². The van der Waals surface area contributed by atoms with Crippen molar-refractivity contribution in [2.45, 2.75) is 19.9 Å². The average molecular weight is 321 g/mol. The van der Waals surface area contributed by atoms with Crippen LogP contribution in [0.15, 0.2) is 72.8 Å². The molecular formula is C21H23NO2. The molecule has 1 aliphatic heterocycles. The summed E-state index contributed by atoms with van der Waals surface area (Å²) in [4.78, 5) is 0. The Morgan fingerprint density at radius 3 is 2.54 bits per heavy atom. The van der Waals surface area contributed by atoms with Gasteiger partial charge in [-0.1, -0.05) is 56.8 Å². The number of para-hydroxylation sites is 1. The van der Waals surface area contributed by atoms with Gasteiger partial charge < -0.3 is 14.8 Å². The van der Waals surface area contributed by atoms with Crippen LogP contribution < -0.4 is 14.8 Å². The van der Waals surface area contributed by atoms with Gasteiger partial charge in [-0.2, -0.15) is 0 Å². The molecule has 1 aliphatic rings. The zero-order chi connectivity index (χ0) is 16.9. The molecule has 0 saturated heterocycles. The van der Waals surface area contributed by atoms with Gasteiger partial charge in [0, 0.05) is 5.69 Å². The molecule has 0 amide bonds. The second-order valence-electron chi connectivity index (χ2n) is 6.17. The highest BCUT2D eigenvalue weighted by Gasteiger charge is 2.20. The van der Waals surface area contributed by atoms with Gasteiger partial charge in [-0.25, -0.2) is 0 Å². The molecule has 124 valence electrons. The normalized spacial score (nSPS) is 14.5. The van der Waals surface area contributed by atoms with Crippen molar-refractivity contribution in [2.75, 3.05) is 12.1 Å². The third kappa shape index (κ3) is 3.62. The van der Waals surface area contributed by atoms with Gasteiger partial charge >= 0.3 is 0 Å². The first kappa shape index (κ1) is 16.2. The smallest absolute Gasteiger partial charge is 0.231 e. The quantitative estimate of drug-likeness (QED) is 0.729. The summed E-state index contributed by atoms with van der Waals surface area (Å²) in [6.45, 7) is 8.63. The summed E-state index contributed by atoms with van der Waals surface area (Å²) in [6.07, 6.45) is 4.16. The maximum atomic E-state index is 5.54. The minimum atomic E-state index is 0.00167. The summed E-state index contributed by atoms with van der Waals surface area (Å²) in [7, 11) is 0. The van der Waals surface area contributed by atoms with Crippen LogP contribution in [0.4, 0.5) is 5.69 Å². The molecule has 0 aliphatic carbocycles. The van der Waals surface area contributed by atoms with Gasteiger partial charge in [0.05, 0.1) is 6.04 Å². The lowest BCUT2D eigenvalue weighted by Crippen LogP contribution is -2.13. The van der Waals surface area contributed by atoms with Gasteiger partial charge in [-0.15, -0.1) is 0 Å². The zero-order valence-electron chi connectivity index (χ0n) is 14.2. The van der Waals surface area contributed by atoms with Crippen molar-refractivity contribution in [3.05, 3.63) is 78.4 Å². The van der Waals surface area contributed by atoms with Gasteiger partial charge in [0.2, 0.25) is 6.79 Å². The Kier molecular flexibility index (Phi) is 4.90. The molecule has 1 heterocycles. The van der Waals surface area contributed by atoms with Crippen molar-refractivity contribution in [3.63, 3.8) is 0 Å². The number of hydrogen-bond donors (Lipinski definition) is 1. The molecule has 3 rings (SSSR count). The van der Waals surface area contributed by atoms with E-state index in [2.05, 4.69) is 50.0 Å². The van der Waals surface area contributed by atoms with E-state index in [0.717, 1.165) is 28.3 Å². The van der Waals surface area contributed by atoms with E-state index < -0.39 is 0 Å². The molecule has 0 saturated carbocycles. The van der Waals surface area contributed by atoms with E-state index in [4.69, 9.17) is 9.47 Å². The highest BCUT2D eigenvalue weighted by Crippen LogP contribution is 2.37. The average Bonchev–Trinajstić information content (AvgIpc) is 3.06. The summed E-state index contributed by atoms with van der Waals surface area (Å²) in [5.74, 6) is 2.03. The number of ether oxygens (including phenoxy) is 2. The van der Waals surface area contributed by atoms with E-state index in [0.29, 0.717) is 5.92 Å². The molecular weight excluding hydrogens is 298 g/mol. The lowest BCUT2D eigenvalue weighted by Gasteiger charge is -2.23. The lowest BCUT2D eigenvalue weighted by atomic mass is 9.95. The summed E-state index contributed by atoms with van der Waals surface area (Å²) in [6, 6.07) is 16.3. The van der Waals surface area contributed by atoms with Crippen LogP contribution in [0, 0.1) is 5.92 Å². The zero-order valence-corrected chi connectivity index (χ0v) is 14.2. The van der Waals surface area contributed by atoms with Crippen LogP contribution in [-0.4, -0.2) is 6.79 Å². The molecule has 0 radical (unpaired) electrons. The Morgan fingerprint density at radius 2 is 1.83 bits per heavy atom. The lowest BCUT2D eigenvalue weighted by molar-refractivity contribution is 0.174. The monoisotopic (exact) mass is 321 g/mol. The molecule has 1 atom stereocenters. The minimum Gasteiger partial charge on any atom is -0.454 e. The first-order chi connectivity index (χ1) is 11.7. The Bertz CT molecular complexity index is 735. The van der Waals surface area contributed by atoms with Crippen molar-refractivity contribution < 1.29 is 9.47 Å². The fourth-order valence-electron chi connectivity index (χ4n) is 2.82. The van der Waals surface area contributed by atoms with Crippen LogP contribution >= 0.6 is 0 Å².